The molecule has 0 spiro atoms. The van der Waals surface area contributed by atoms with Crippen molar-refractivity contribution in [1.82, 2.24) is 19.4 Å². The summed E-state index contributed by atoms with van der Waals surface area (Å²) in [5, 5.41) is 3.05. The van der Waals surface area contributed by atoms with Crippen LogP contribution in [0.4, 0.5) is 11.5 Å². The van der Waals surface area contributed by atoms with Crippen LogP contribution in [0.2, 0.25) is 0 Å². The second-order valence-corrected chi connectivity index (χ2v) is 9.66. The summed E-state index contributed by atoms with van der Waals surface area (Å²) in [6.07, 6.45) is 0.871. The summed E-state index contributed by atoms with van der Waals surface area (Å²) in [4.78, 5) is 48.9. The fourth-order valence-corrected chi connectivity index (χ4v) is 4.41. The maximum atomic E-state index is 13.4. The van der Waals surface area contributed by atoms with Gasteiger partial charge >= 0.3 is 5.69 Å². The number of carbonyl (C=O) groups excluding carboxylic acids is 1. The molecule has 3 aromatic rings. The zero-order valence-corrected chi connectivity index (χ0v) is 20.9. The van der Waals surface area contributed by atoms with Crippen LogP contribution in [0, 0.1) is 5.92 Å². The number of rotatable bonds is 10. The summed E-state index contributed by atoms with van der Waals surface area (Å²) in [6, 6.07) is 9.33. The first-order valence-corrected chi connectivity index (χ1v) is 12.2. The maximum absolute atomic E-state index is 13.4. The Morgan fingerprint density at radius 2 is 1.94 bits per heavy atom. The lowest BCUT2D eigenvalue weighted by molar-refractivity contribution is -0.119. The first-order chi connectivity index (χ1) is 16.2. The molecular weight excluding hydrogens is 452 g/mol. The third-order valence-corrected chi connectivity index (χ3v) is 6.30. The van der Waals surface area contributed by atoms with Crippen molar-refractivity contribution in [3.63, 3.8) is 0 Å². The van der Waals surface area contributed by atoms with Gasteiger partial charge in [-0.25, -0.2) is 9.78 Å². The predicted molar refractivity (Wildman–Crippen MR) is 136 cm³/mol. The first-order valence-electron chi connectivity index (χ1n) is 11.3. The van der Waals surface area contributed by atoms with Gasteiger partial charge in [0.2, 0.25) is 5.91 Å². The lowest BCUT2D eigenvalue weighted by Crippen LogP contribution is -2.46. The highest BCUT2D eigenvalue weighted by Crippen LogP contribution is 2.20. The number of H-pyrrole nitrogens is 1. The van der Waals surface area contributed by atoms with E-state index >= 15 is 0 Å². The molecule has 2 aromatic heterocycles. The zero-order valence-electron chi connectivity index (χ0n) is 20.1. The number of amides is 1. The van der Waals surface area contributed by atoms with E-state index in [1.165, 1.54) is 9.47 Å². The molecule has 0 aliphatic carbocycles. The molecule has 1 amide bonds. The molecule has 0 saturated carbocycles. The van der Waals surface area contributed by atoms with Crippen molar-refractivity contribution in [2.75, 3.05) is 30.8 Å². The molecule has 0 unspecified atom stereocenters. The number of anilines is 2. The van der Waals surface area contributed by atoms with Crippen molar-refractivity contribution < 1.29 is 4.79 Å². The molecule has 0 fully saturated rings. The molecule has 0 aliphatic rings. The minimum Gasteiger partial charge on any atom is -0.383 e. The van der Waals surface area contributed by atoms with Crippen LogP contribution in [-0.4, -0.2) is 45.5 Å². The second kappa shape index (κ2) is 11.3. The smallest absolute Gasteiger partial charge is 0.330 e. The molecule has 34 heavy (non-hydrogen) atoms. The average Bonchev–Trinajstić information content (AvgIpc) is 3.23. The summed E-state index contributed by atoms with van der Waals surface area (Å²) in [6.45, 7) is 7.02. The number of nitrogen functional groups attached to an aromatic ring is 1. The number of carbonyl (C=O) groups is 1. The second-order valence-electron chi connectivity index (χ2n) is 8.72. The highest BCUT2D eigenvalue weighted by molar-refractivity contribution is 7.09. The van der Waals surface area contributed by atoms with Crippen LogP contribution >= 0.6 is 11.3 Å². The number of hydrogen-bond donors (Lipinski definition) is 2. The van der Waals surface area contributed by atoms with Crippen molar-refractivity contribution in [2.45, 2.75) is 40.3 Å². The van der Waals surface area contributed by atoms with Crippen LogP contribution in [0.3, 0.4) is 0 Å². The Hall–Kier alpha value is -3.24. The van der Waals surface area contributed by atoms with Gasteiger partial charge in [-0.15, -0.1) is 11.3 Å². The third-order valence-electron chi connectivity index (χ3n) is 5.26. The van der Waals surface area contributed by atoms with Gasteiger partial charge < -0.3 is 10.6 Å². The molecule has 1 aromatic carbocycles. The summed E-state index contributed by atoms with van der Waals surface area (Å²) < 4.78 is 1.29. The highest BCUT2D eigenvalue weighted by Gasteiger charge is 2.26. The average molecular weight is 485 g/mol. The van der Waals surface area contributed by atoms with Crippen molar-refractivity contribution in [3.05, 3.63) is 72.8 Å². The van der Waals surface area contributed by atoms with E-state index in [0.717, 1.165) is 22.7 Å². The number of benzene rings is 1. The SMILES string of the molecule is CCc1nc(CN(C)CC(=O)N(CC(C)C)c2c(N)n(Cc3ccccc3)c(=O)[nH]c2=O)cs1. The van der Waals surface area contributed by atoms with E-state index in [-0.39, 0.29) is 36.4 Å². The molecule has 0 aliphatic heterocycles. The standard InChI is InChI=1S/C24H32N6O3S/c1-5-19-26-18(15-34-19)13-28(4)14-20(31)29(11-16(2)3)21-22(25)30(24(33)27-23(21)32)12-17-9-7-6-8-10-17/h6-10,15-16H,5,11-14,25H2,1-4H3,(H,27,32,33). The van der Waals surface area contributed by atoms with Gasteiger partial charge in [-0.2, -0.15) is 0 Å². The molecule has 0 saturated heterocycles. The van der Waals surface area contributed by atoms with Gasteiger partial charge in [0.1, 0.15) is 5.82 Å². The normalized spacial score (nSPS) is 11.4. The maximum Gasteiger partial charge on any atom is 0.330 e. The largest absolute Gasteiger partial charge is 0.383 e. The number of thiazole rings is 1. The Morgan fingerprint density at radius 3 is 2.56 bits per heavy atom. The van der Waals surface area contributed by atoms with Gasteiger partial charge in [0.25, 0.3) is 5.56 Å². The highest BCUT2D eigenvalue weighted by atomic mass is 32.1. The Bertz CT molecular complexity index is 1230. The molecule has 3 N–H and O–H groups in total. The molecule has 3 rings (SSSR count). The van der Waals surface area contributed by atoms with Crippen molar-refractivity contribution in [1.29, 1.82) is 0 Å². The van der Waals surface area contributed by atoms with E-state index in [2.05, 4.69) is 16.9 Å². The van der Waals surface area contributed by atoms with Gasteiger partial charge in [0.15, 0.2) is 5.69 Å². The fraction of sp³-hybridized carbons (Fsp3) is 0.417. The molecule has 182 valence electrons. The zero-order chi connectivity index (χ0) is 24.8. The summed E-state index contributed by atoms with van der Waals surface area (Å²) >= 11 is 1.60. The fourth-order valence-electron chi connectivity index (χ4n) is 3.68. The number of aromatic amines is 1. The summed E-state index contributed by atoms with van der Waals surface area (Å²) in [5.41, 5.74) is 6.82. The number of aromatic nitrogens is 3. The Labute approximate surface area is 202 Å². The van der Waals surface area contributed by atoms with Crippen LogP contribution in [0.25, 0.3) is 0 Å². The lowest BCUT2D eigenvalue weighted by atomic mass is 10.2. The minimum atomic E-state index is -0.671. The quantitative estimate of drug-likeness (QED) is 0.456. The van der Waals surface area contributed by atoms with Crippen LogP contribution < -0.4 is 21.9 Å². The molecule has 10 heteroatoms. The molecule has 2 heterocycles. The van der Waals surface area contributed by atoms with E-state index in [0.29, 0.717) is 13.1 Å². The van der Waals surface area contributed by atoms with Gasteiger partial charge in [-0.05, 0) is 24.9 Å². The monoisotopic (exact) mass is 484 g/mol. The molecule has 0 radical (unpaired) electrons. The number of aryl methyl sites for hydroxylation is 1. The number of nitrogens with zero attached hydrogens (tertiary/aromatic N) is 4. The van der Waals surface area contributed by atoms with Crippen LogP contribution in [0.5, 0.6) is 0 Å². The molecule has 0 atom stereocenters. The van der Waals surface area contributed by atoms with Crippen LogP contribution in [0.1, 0.15) is 37.0 Å². The first kappa shape index (κ1) is 25.4. The third kappa shape index (κ3) is 6.21. The Kier molecular flexibility index (Phi) is 8.41. The Balaban J connectivity index is 1.90. The van der Waals surface area contributed by atoms with Gasteiger partial charge in [-0.1, -0.05) is 51.1 Å². The molecular formula is C24H32N6O3S. The lowest BCUT2D eigenvalue weighted by Gasteiger charge is -2.28. The number of nitrogens with two attached hydrogens (primary N) is 1. The van der Waals surface area contributed by atoms with Gasteiger partial charge in [-0.3, -0.25) is 24.0 Å². The van der Waals surface area contributed by atoms with Gasteiger partial charge in [0.05, 0.1) is 23.8 Å². The van der Waals surface area contributed by atoms with Crippen molar-refractivity contribution in [2.24, 2.45) is 5.92 Å². The topological polar surface area (TPSA) is 117 Å². The van der Waals surface area contributed by atoms with Crippen molar-refractivity contribution in [3.8, 4) is 0 Å². The summed E-state index contributed by atoms with van der Waals surface area (Å²) in [5.74, 6) is -0.223. The van der Waals surface area contributed by atoms with Crippen LogP contribution in [0.15, 0.2) is 45.3 Å². The Morgan fingerprint density at radius 1 is 1.24 bits per heavy atom. The van der Waals surface area contributed by atoms with Crippen molar-refractivity contribution >= 4 is 28.7 Å². The molecule has 9 nitrogen and oxygen atoms in total. The van der Waals surface area contributed by atoms with Crippen LogP contribution in [-0.2, 0) is 24.3 Å². The number of nitrogens with one attached hydrogen (secondary N) is 1. The van der Waals surface area contributed by atoms with E-state index in [1.54, 1.807) is 11.3 Å². The number of hydrogen-bond acceptors (Lipinski definition) is 7. The van der Waals surface area contributed by atoms with E-state index in [4.69, 9.17) is 5.73 Å². The van der Waals surface area contributed by atoms with Gasteiger partial charge in [0, 0.05) is 18.5 Å². The van der Waals surface area contributed by atoms with E-state index in [9.17, 15) is 14.4 Å². The predicted octanol–water partition coefficient (Wildman–Crippen LogP) is 2.31. The van der Waals surface area contributed by atoms with E-state index in [1.807, 2.05) is 61.5 Å². The number of likely N-dealkylation sites (N-methyl/N-ethyl adjacent to an activating group) is 1. The summed E-state index contributed by atoms with van der Waals surface area (Å²) in [7, 11) is 1.83. The molecule has 0 bridgehead atoms. The van der Waals surface area contributed by atoms with E-state index < -0.39 is 11.2 Å². The minimum absolute atomic E-state index is 0.00422.